The highest BCUT2D eigenvalue weighted by atomic mass is 15.3. The molecule has 4 nitrogen and oxygen atoms in total. The van der Waals surface area contributed by atoms with Crippen LogP contribution in [0.5, 0.6) is 0 Å². The zero-order valence-electron chi connectivity index (χ0n) is 7.09. The number of hydrogen-bond donors (Lipinski definition) is 3. The highest BCUT2D eigenvalue weighted by molar-refractivity contribution is 5.77. The van der Waals surface area contributed by atoms with Crippen molar-refractivity contribution < 1.29 is 0 Å². The minimum atomic E-state index is -0.0452. The zero-order chi connectivity index (χ0) is 8.48. The molecule has 0 atom stereocenters. The van der Waals surface area contributed by atoms with Crippen LogP contribution in [0.2, 0.25) is 0 Å². The van der Waals surface area contributed by atoms with E-state index in [9.17, 15) is 0 Å². The van der Waals surface area contributed by atoms with Crippen LogP contribution in [0.15, 0.2) is 4.99 Å². The minimum Gasteiger partial charge on any atom is -0.369 e. The van der Waals surface area contributed by atoms with E-state index in [1.807, 2.05) is 0 Å². The second-order valence-corrected chi connectivity index (χ2v) is 3.57. The third-order valence-electron chi connectivity index (χ3n) is 2.13. The maximum absolute atomic E-state index is 5.44. The number of hydrazine groups is 1. The molecule has 64 valence electrons. The van der Waals surface area contributed by atoms with Gasteiger partial charge in [0.05, 0.1) is 5.54 Å². The van der Waals surface area contributed by atoms with Gasteiger partial charge >= 0.3 is 0 Å². The molecule has 0 amide bonds. The van der Waals surface area contributed by atoms with Crippen LogP contribution >= 0.6 is 0 Å². The lowest BCUT2D eigenvalue weighted by atomic mass is 10.0. The van der Waals surface area contributed by atoms with E-state index in [0.29, 0.717) is 11.9 Å². The molecular weight excluding hydrogens is 140 g/mol. The first-order valence-electron chi connectivity index (χ1n) is 3.88. The fourth-order valence-corrected chi connectivity index (χ4v) is 1.22. The van der Waals surface area contributed by atoms with Crippen molar-refractivity contribution in [3.63, 3.8) is 0 Å². The Bertz CT molecular complexity index is 169. The van der Waals surface area contributed by atoms with Gasteiger partial charge in [0, 0.05) is 0 Å². The molecule has 0 unspecified atom stereocenters. The Morgan fingerprint density at radius 2 is 2.09 bits per heavy atom. The van der Waals surface area contributed by atoms with E-state index < -0.39 is 0 Å². The molecule has 0 saturated heterocycles. The highest BCUT2D eigenvalue weighted by Crippen LogP contribution is 2.41. The molecule has 0 spiro atoms. The largest absolute Gasteiger partial charge is 0.369 e. The summed E-state index contributed by atoms with van der Waals surface area (Å²) >= 11 is 0. The van der Waals surface area contributed by atoms with Crippen molar-refractivity contribution >= 4 is 5.96 Å². The molecule has 0 aromatic heterocycles. The molecule has 1 fully saturated rings. The maximum Gasteiger partial charge on any atom is 0.203 e. The molecule has 0 bridgehead atoms. The van der Waals surface area contributed by atoms with Crippen molar-refractivity contribution in [1.29, 1.82) is 0 Å². The monoisotopic (exact) mass is 156 g/mol. The van der Waals surface area contributed by atoms with Crippen molar-refractivity contribution in [3.05, 3.63) is 0 Å². The Hall–Kier alpha value is -0.770. The molecule has 0 aromatic rings. The van der Waals surface area contributed by atoms with E-state index in [4.69, 9.17) is 11.6 Å². The molecule has 0 aliphatic heterocycles. The Labute approximate surface area is 67.0 Å². The average molecular weight is 156 g/mol. The smallest absolute Gasteiger partial charge is 0.203 e. The van der Waals surface area contributed by atoms with Gasteiger partial charge in [0.2, 0.25) is 5.96 Å². The zero-order valence-corrected chi connectivity index (χ0v) is 7.09. The van der Waals surface area contributed by atoms with E-state index in [2.05, 4.69) is 24.3 Å². The summed E-state index contributed by atoms with van der Waals surface area (Å²) < 4.78 is 0. The first-order valence-corrected chi connectivity index (χ1v) is 3.88. The molecule has 0 heterocycles. The lowest BCUT2D eigenvalue weighted by Crippen LogP contribution is -2.40. The summed E-state index contributed by atoms with van der Waals surface area (Å²) in [5.41, 5.74) is 7.72. The fraction of sp³-hybridized carbons (Fsp3) is 0.857. The van der Waals surface area contributed by atoms with E-state index >= 15 is 0 Å². The predicted octanol–water partition coefficient (Wildman–Crippen LogP) is -0.0470. The summed E-state index contributed by atoms with van der Waals surface area (Å²) in [5.74, 6) is 6.10. The number of aliphatic imine (C=N–C) groups is 1. The summed E-state index contributed by atoms with van der Waals surface area (Å²) in [5, 5.41) is 0. The molecule has 0 radical (unpaired) electrons. The highest BCUT2D eigenvalue weighted by Gasteiger charge is 2.37. The standard InChI is InChI=1S/C7H16N4/c1-7(2,5-3-4-5)10-6(8)11-9/h5H,3-4,9H2,1-2H3,(H3,8,10,11). The molecule has 4 heteroatoms. The third-order valence-corrected chi connectivity index (χ3v) is 2.13. The summed E-state index contributed by atoms with van der Waals surface area (Å²) in [4.78, 5) is 4.25. The Balaban J connectivity index is 2.56. The molecule has 11 heavy (non-hydrogen) atoms. The van der Waals surface area contributed by atoms with Gasteiger partial charge < -0.3 is 5.73 Å². The fourth-order valence-electron chi connectivity index (χ4n) is 1.22. The number of hydrogen-bond acceptors (Lipinski definition) is 2. The van der Waals surface area contributed by atoms with E-state index in [0.717, 1.165) is 0 Å². The van der Waals surface area contributed by atoms with E-state index in [-0.39, 0.29) is 5.54 Å². The van der Waals surface area contributed by atoms with E-state index in [1.54, 1.807) is 0 Å². The third kappa shape index (κ3) is 2.08. The molecule has 1 saturated carbocycles. The predicted molar refractivity (Wildman–Crippen MR) is 45.7 cm³/mol. The number of guanidine groups is 1. The lowest BCUT2D eigenvalue weighted by molar-refractivity contribution is 0.453. The quantitative estimate of drug-likeness (QED) is 0.227. The van der Waals surface area contributed by atoms with Gasteiger partial charge in [0.15, 0.2) is 0 Å². The first kappa shape index (κ1) is 8.33. The second-order valence-electron chi connectivity index (χ2n) is 3.57. The Morgan fingerprint density at radius 1 is 1.55 bits per heavy atom. The SMILES string of the molecule is CC(C)(N=C(N)NN)C1CC1. The number of nitrogens with zero attached hydrogens (tertiary/aromatic N) is 1. The number of nitrogens with one attached hydrogen (secondary N) is 1. The van der Waals surface area contributed by atoms with Gasteiger partial charge in [-0.25, -0.2) is 10.8 Å². The van der Waals surface area contributed by atoms with Crippen molar-refractivity contribution in [2.45, 2.75) is 32.2 Å². The van der Waals surface area contributed by atoms with Crippen molar-refractivity contribution in [2.75, 3.05) is 0 Å². The van der Waals surface area contributed by atoms with Gasteiger partial charge in [-0.15, -0.1) is 0 Å². The second kappa shape index (κ2) is 2.70. The van der Waals surface area contributed by atoms with Gasteiger partial charge in [-0.05, 0) is 32.6 Å². The van der Waals surface area contributed by atoms with Gasteiger partial charge in [-0.1, -0.05) is 0 Å². The van der Waals surface area contributed by atoms with Crippen LogP contribution in [0.4, 0.5) is 0 Å². The van der Waals surface area contributed by atoms with Crippen LogP contribution in [0, 0.1) is 5.92 Å². The molecular formula is C7H16N4. The van der Waals surface area contributed by atoms with Crippen LogP contribution in [0.25, 0.3) is 0 Å². The summed E-state index contributed by atoms with van der Waals surface area (Å²) in [6.07, 6.45) is 2.52. The Morgan fingerprint density at radius 3 is 2.45 bits per heavy atom. The Kier molecular flexibility index (Phi) is 2.04. The molecule has 5 N–H and O–H groups in total. The molecule has 0 aromatic carbocycles. The maximum atomic E-state index is 5.44. The van der Waals surface area contributed by atoms with Crippen LogP contribution in [-0.4, -0.2) is 11.5 Å². The van der Waals surface area contributed by atoms with Gasteiger partial charge in [0.25, 0.3) is 0 Å². The summed E-state index contributed by atoms with van der Waals surface area (Å²) in [6, 6.07) is 0. The van der Waals surface area contributed by atoms with Crippen molar-refractivity contribution in [1.82, 2.24) is 5.43 Å². The molecule has 1 aliphatic rings. The minimum absolute atomic E-state index is 0.0452. The van der Waals surface area contributed by atoms with E-state index in [1.165, 1.54) is 12.8 Å². The van der Waals surface area contributed by atoms with Gasteiger partial charge in [-0.2, -0.15) is 0 Å². The molecule has 1 aliphatic carbocycles. The van der Waals surface area contributed by atoms with Gasteiger partial charge in [-0.3, -0.25) is 5.43 Å². The van der Waals surface area contributed by atoms with Crippen molar-refractivity contribution in [3.8, 4) is 0 Å². The van der Waals surface area contributed by atoms with Crippen LogP contribution < -0.4 is 17.0 Å². The summed E-state index contributed by atoms with van der Waals surface area (Å²) in [6.45, 7) is 4.16. The first-order chi connectivity index (χ1) is 5.06. The number of rotatable bonds is 2. The molecule has 1 rings (SSSR count). The van der Waals surface area contributed by atoms with Crippen LogP contribution in [0.3, 0.4) is 0 Å². The van der Waals surface area contributed by atoms with Crippen LogP contribution in [-0.2, 0) is 0 Å². The van der Waals surface area contributed by atoms with Gasteiger partial charge in [0.1, 0.15) is 0 Å². The topological polar surface area (TPSA) is 76.4 Å². The number of nitrogens with two attached hydrogens (primary N) is 2. The summed E-state index contributed by atoms with van der Waals surface area (Å²) in [7, 11) is 0. The lowest BCUT2D eigenvalue weighted by Gasteiger charge is -2.19. The average Bonchev–Trinajstić information content (AvgIpc) is 2.66. The van der Waals surface area contributed by atoms with Crippen molar-refractivity contribution in [2.24, 2.45) is 22.5 Å². The van der Waals surface area contributed by atoms with Crippen LogP contribution in [0.1, 0.15) is 26.7 Å². The normalized spacial score (nSPS) is 20.1.